The molecule has 0 heterocycles. The molecule has 4 heteroatoms. The summed E-state index contributed by atoms with van der Waals surface area (Å²) >= 11 is 1.51. The number of thioether (sulfide) groups is 1. The summed E-state index contributed by atoms with van der Waals surface area (Å²) in [6.07, 6.45) is 0. The van der Waals surface area contributed by atoms with Crippen LogP contribution >= 0.6 is 11.8 Å². The number of benzene rings is 2. The smallest absolute Gasteiger partial charge is 0.234 e. The predicted octanol–water partition coefficient (Wildman–Crippen LogP) is 4.05. The summed E-state index contributed by atoms with van der Waals surface area (Å²) in [7, 11) is 0. The Balaban J connectivity index is 1.87. The number of carbonyl (C=O) groups excluding carboxylic acids is 1. The van der Waals surface area contributed by atoms with Crippen molar-refractivity contribution in [3.63, 3.8) is 0 Å². The Bertz CT molecular complexity index is 719. The molecule has 0 aromatic heterocycles. The number of carbonyl (C=O) groups is 1. The molecule has 0 radical (unpaired) electrons. The highest BCUT2D eigenvalue weighted by Crippen LogP contribution is 2.18. The van der Waals surface area contributed by atoms with E-state index in [4.69, 9.17) is 5.26 Å². The van der Waals surface area contributed by atoms with Gasteiger partial charge in [0.1, 0.15) is 0 Å². The molecule has 22 heavy (non-hydrogen) atoms. The second-order valence-electron chi connectivity index (χ2n) is 5.13. The largest absolute Gasteiger partial charge is 0.325 e. The van der Waals surface area contributed by atoms with Crippen LogP contribution in [0, 0.1) is 25.2 Å². The van der Waals surface area contributed by atoms with Crippen LogP contribution in [-0.2, 0) is 10.5 Å². The topological polar surface area (TPSA) is 52.9 Å². The van der Waals surface area contributed by atoms with E-state index in [-0.39, 0.29) is 5.91 Å². The third-order valence-electron chi connectivity index (χ3n) is 3.28. The van der Waals surface area contributed by atoms with E-state index in [1.165, 1.54) is 17.3 Å². The predicted molar refractivity (Wildman–Crippen MR) is 91.9 cm³/mol. The Morgan fingerprint density at radius 3 is 2.73 bits per heavy atom. The first-order chi connectivity index (χ1) is 10.6. The lowest BCUT2D eigenvalue weighted by molar-refractivity contribution is -0.113. The molecule has 0 saturated heterocycles. The van der Waals surface area contributed by atoms with Gasteiger partial charge >= 0.3 is 0 Å². The van der Waals surface area contributed by atoms with Gasteiger partial charge in [-0.25, -0.2) is 0 Å². The van der Waals surface area contributed by atoms with Crippen molar-refractivity contribution < 1.29 is 4.79 Å². The van der Waals surface area contributed by atoms with Crippen molar-refractivity contribution in [1.29, 1.82) is 5.26 Å². The Labute approximate surface area is 135 Å². The van der Waals surface area contributed by atoms with Crippen LogP contribution in [0.1, 0.15) is 22.3 Å². The first-order valence-electron chi connectivity index (χ1n) is 7.03. The van der Waals surface area contributed by atoms with Gasteiger partial charge in [-0.3, -0.25) is 4.79 Å². The van der Waals surface area contributed by atoms with Crippen molar-refractivity contribution in [2.24, 2.45) is 0 Å². The van der Waals surface area contributed by atoms with E-state index >= 15 is 0 Å². The monoisotopic (exact) mass is 310 g/mol. The van der Waals surface area contributed by atoms with Crippen LogP contribution in [0.2, 0.25) is 0 Å². The van der Waals surface area contributed by atoms with E-state index in [2.05, 4.69) is 11.4 Å². The van der Waals surface area contributed by atoms with Crippen LogP contribution in [0.5, 0.6) is 0 Å². The average molecular weight is 310 g/mol. The van der Waals surface area contributed by atoms with Crippen LogP contribution in [0.4, 0.5) is 5.69 Å². The summed E-state index contributed by atoms with van der Waals surface area (Å²) in [5.41, 5.74) is 4.74. The minimum absolute atomic E-state index is 0.0219. The van der Waals surface area contributed by atoms with Crippen molar-refractivity contribution in [3.8, 4) is 6.07 Å². The molecular formula is C18H18N2OS. The van der Waals surface area contributed by atoms with E-state index in [0.717, 1.165) is 16.8 Å². The molecule has 0 saturated carbocycles. The fourth-order valence-electron chi connectivity index (χ4n) is 2.15. The van der Waals surface area contributed by atoms with Crippen molar-refractivity contribution in [3.05, 3.63) is 64.7 Å². The molecule has 0 fully saturated rings. The van der Waals surface area contributed by atoms with Crippen molar-refractivity contribution in [2.75, 3.05) is 11.1 Å². The summed E-state index contributed by atoms with van der Waals surface area (Å²) in [6.45, 7) is 4.01. The van der Waals surface area contributed by atoms with Crippen molar-refractivity contribution >= 4 is 23.4 Å². The zero-order chi connectivity index (χ0) is 15.9. The van der Waals surface area contributed by atoms with Crippen LogP contribution in [-0.4, -0.2) is 11.7 Å². The molecule has 1 amide bonds. The van der Waals surface area contributed by atoms with Crippen molar-refractivity contribution in [1.82, 2.24) is 0 Å². The maximum Gasteiger partial charge on any atom is 0.234 e. The summed E-state index contributed by atoms with van der Waals surface area (Å²) < 4.78 is 0. The van der Waals surface area contributed by atoms with Crippen molar-refractivity contribution in [2.45, 2.75) is 19.6 Å². The first kappa shape index (κ1) is 16.1. The molecule has 0 aliphatic carbocycles. The SMILES string of the molecule is Cc1ccc(NC(=O)CSCc2ccccc2C#N)c(C)c1. The number of rotatable bonds is 5. The van der Waals surface area contributed by atoms with Gasteiger partial charge in [-0.1, -0.05) is 35.9 Å². The van der Waals surface area contributed by atoms with Crippen LogP contribution in [0.15, 0.2) is 42.5 Å². The Morgan fingerprint density at radius 1 is 1.23 bits per heavy atom. The molecule has 0 spiro atoms. The maximum atomic E-state index is 12.0. The number of nitriles is 1. The van der Waals surface area contributed by atoms with E-state index in [9.17, 15) is 4.79 Å². The highest BCUT2D eigenvalue weighted by atomic mass is 32.2. The molecule has 0 bridgehead atoms. The van der Waals surface area contributed by atoms with E-state index < -0.39 is 0 Å². The summed E-state index contributed by atoms with van der Waals surface area (Å²) in [5.74, 6) is 1.00. The molecule has 0 aliphatic heterocycles. The minimum atomic E-state index is -0.0219. The molecule has 0 aliphatic rings. The van der Waals surface area contributed by atoms with Gasteiger partial charge < -0.3 is 5.32 Å². The molecular weight excluding hydrogens is 292 g/mol. The summed E-state index contributed by atoms with van der Waals surface area (Å²) in [6, 6.07) is 15.6. The average Bonchev–Trinajstić information content (AvgIpc) is 2.50. The molecule has 2 aromatic rings. The van der Waals surface area contributed by atoms with Gasteiger partial charge in [0, 0.05) is 11.4 Å². The number of nitrogens with zero attached hydrogens (tertiary/aromatic N) is 1. The first-order valence-corrected chi connectivity index (χ1v) is 8.18. The lowest BCUT2D eigenvalue weighted by Gasteiger charge is -2.09. The maximum absolute atomic E-state index is 12.0. The van der Waals surface area contributed by atoms with E-state index in [1.807, 2.05) is 50.2 Å². The fraction of sp³-hybridized carbons (Fsp3) is 0.222. The van der Waals surface area contributed by atoms with Gasteiger partial charge in [0.05, 0.1) is 17.4 Å². The number of nitrogens with one attached hydrogen (secondary N) is 1. The quantitative estimate of drug-likeness (QED) is 0.906. The summed E-state index contributed by atoms with van der Waals surface area (Å²) in [4.78, 5) is 12.0. The zero-order valence-electron chi connectivity index (χ0n) is 12.7. The van der Waals surface area contributed by atoms with Crippen LogP contribution < -0.4 is 5.32 Å². The van der Waals surface area contributed by atoms with Crippen LogP contribution in [0.25, 0.3) is 0 Å². The molecule has 3 nitrogen and oxygen atoms in total. The molecule has 0 unspecified atom stereocenters. The molecule has 2 rings (SSSR count). The Morgan fingerprint density at radius 2 is 2.00 bits per heavy atom. The van der Waals surface area contributed by atoms with Gasteiger partial charge in [-0.05, 0) is 37.1 Å². The van der Waals surface area contributed by atoms with Gasteiger partial charge in [-0.15, -0.1) is 11.8 Å². The summed E-state index contributed by atoms with van der Waals surface area (Å²) in [5, 5.41) is 12.0. The van der Waals surface area contributed by atoms with Gasteiger partial charge in [0.2, 0.25) is 5.91 Å². The minimum Gasteiger partial charge on any atom is -0.325 e. The van der Waals surface area contributed by atoms with Gasteiger partial charge in [-0.2, -0.15) is 5.26 Å². The molecule has 112 valence electrons. The Hall–Kier alpha value is -2.25. The lowest BCUT2D eigenvalue weighted by atomic mass is 10.1. The zero-order valence-corrected chi connectivity index (χ0v) is 13.5. The van der Waals surface area contributed by atoms with E-state index in [0.29, 0.717) is 17.1 Å². The molecule has 2 aromatic carbocycles. The number of aryl methyl sites for hydroxylation is 2. The van der Waals surface area contributed by atoms with Crippen LogP contribution in [0.3, 0.4) is 0 Å². The van der Waals surface area contributed by atoms with Gasteiger partial charge in [0.15, 0.2) is 0 Å². The molecule has 0 atom stereocenters. The van der Waals surface area contributed by atoms with Gasteiger partial charge in [0.25, 0.3) is 0 Å². The number of hydrogen-bond donors (Lipinski definition) is 1. The number of anilines is 1. The fourth-order valence-corrected chi connectivity index (χ4v) is 2.98. The standard InChI is InChI=1S/C18H18N2OS/c1-13-7-8-17(14(2)9-13)20-18(21)12-22-11-16-6-4-3-5-15(16)10-19/h3-9H,11-12H2,1-2H3,(H,20,21). The van der Waals surface area contributed by atoms with E-state index in [1.54, 1.807) is 6.07 Å². The number of hydrogen-bond acceptors (Lipinski definition) is 3. The molecule has 1 N–H and O–H groups in total. The number of amides is 1. The third kappa shape index (κ3) is 4.37. The second kappa shape index (κ2) is 7.67. The normalized spacial score (nSPS) is 10.0. The Kier molecular flexibility index (Phi) is 5.62. The highest BCUT2D eigenvalue weighted by Gasteiger charge is 2.06. The highest BCUT2D eigenvalue weighted by molar-refractivity contribution is 7.99. The third-order valence-corrected chi connectivity index (χ3v) is 4.27. The lowest BCUT2D eigenvalue weighted by Crippen LogP contribution is -2.15. The second-order valence-corrected chi connectivity index (χ2v) is 6.11.